The van der Waals surface area contributed by atoms with Gasteiger partial charge in [0.05, 0.1) is 0 Å². The third-order valence-electron chi connectivity index (χ3n) is 2.83. The molecule has 1 aromatic carbocycles. The lowest BCUT2D eigenvalue weighted by Crippen LogP contribution is -2.18. The molecular weight excluding hydrogens is 210 g/mol. The summed E-state index contributed by atoms with van der Waals surface area (Å²) in [7, 11) is -1.26. The third-order valence-corrected chi connectivity index (χ3v) is 3.71. The number of hydrogen-bond acceptors (Lipinski definition) is 1. The lowest BCUT2D eigenvalue weighted by atomic mass is 10.0. The van der Waals surface area contributed by atoms with Gasteiger partial charge in [-0.05, 0) is 30.5 Å². The van der Waals surface area contributed by atoms with Crippen molar-refractivity contribution in [1.82, 2.24) is 0 Å². The third kappa shape index (κ3) is 2.75. The highest BCUT2D eigenvalue weighted by Gasteiger charge is 2.39. The van der Waals surface area contributed by atoms with E-state index in [1.54, 1.807) is 0 Å². The highest BCUT2D eigenvalue weighted by Crippen LogP contribution is 2.42. The largest absolute Gasteiger partial charge is 0.321 e. The van der Waals surface area contributed by atoms with Crippen LogP contribution >= 0.6 is 0 Å². The average Bonchev–Trinajstić information content (AvgIpc) is 2.95. The Labute approximate surface area is 99.1 Å². The Balaban J connectivity index is 2.16. The summed E-state index contributed by atoms with van der Waals surface area (Å²) in [5, 5.41) is 0. The van der Waals surface area contributed by atoms with E-state index >= 15 is 0 Å². The fraction of sp³-hybridized carbons (Fsp3) is 0.429. The minimum absolute atomic E-state index is 0.0231. The molecule has 0 aliphatic heterocycles. The summed E-state index contributed by atoms with van der Waals surface area (Å²) >= 11 is 0. The zero-order valence-corrected chi connectivity index (χ0v) is 11.3. The van der Waals surface area contributed by atoms with Crippen LogP contribution in [0.2, 0.25) is 19.6 Å². The lowest BCUT2D eigenvalue weighted by molar-refractivity contribution is 0.740. The van der Waals surface area contributed by atoms with Gasteiger partial charge < -0.3 is 5.73 Å². The first-order valence-corrected chi connectivity index (χ1v) is 9.32. The average molecular weight is 229 g/mol. The predicted molar refractivity (Wildman–Crippen MR) is 71.8 cm³/mol. The van der Waals surface area contributed by atoms with Gasteiger partial charge in [0.25, 0.3) is 0 Å². The quantitative estimate of drug-likeness (QED) is 0.581. The Kier molecular flexibility index (Phi) is 2.69. The molecule has 0 bridgehead atoms. The van der Waals surface area contributed by atoms with Crippen molar-refractivity contribution in [3.05, 3.63) is 35.4 Å². The first kappa shape index (κ1) is 11.4. The van der Waals surface area contributed by atoms with E-state index in [1.165, 1.54) is 5.56 Å². The van der Waals surface area contributed by atoms with Crippen LogP contribution in [0.3, 0.4) is 0 Å². The molecule has 0 amide bonds. The standard InChI is InChI=1S/C14H19NSi/c1-16(2,3)11-8-12-4-6-13(7-5-12)14(15)9-10-14/h4-7H,9-10,15H2,1-3H3. The van der Waals surface area contributed by atoms with Crippen molar-refractivity contribution in [2.75, 3.05) is 0 Å². The second kappa shape index (κ2) is 3.76. The molecule has 1 fully saturated rings. The normalized spacial score (nSPS) is 17.5. The number of hydrogen-bond donors (Lipinski definition) is 1. The van der Waals surface area contributed by atoms with Gasteiger partial charge in [0, 0.05) is 11.1 Å². The summed E-state index contributed by atoms with van der Waals surface area (Å²) in [6.07, 6.45) is 2.24. The molecule has 1 aliphatic carbocycles. The van der Waals surface area contributed by atoms with Crippen molar-refractivity contribution in [2.45, 2.75) is 38.0 Å². The molecule has 2 rings (SSSR count). The maximum Gasteiger partial charge on any atom is 0.129 e. The zero-order chi connectivity index (χ0) is 11.8. The molecule has 1 aliphatic rings. The first-order valence-electron chi connectivity index (χ1n) is 5.82. The Hall–Kier alpha value is -1.04. The molecule has 0 spiro atoms. The second-order valence-electron chi connectivity index (χ2n) is 5.73. The van der Waals surface area contributed by atoms with Crippen LogP contribution in [0.15, 0.2) is 24.3 Å². The number of benzene rings is 1. The lowest BCUT2D eigenvalue weighted by Gasteiger charge is -2.08. The summed E-state index contributed by atoms with van der Waals surface area (Å²) < 4.78 is 0. The molecule has 1 aromatic rings. The van der Waals surface area contributed by atoms with Gasteiger partial charge in [0.1, 0.15) is 8.07 Å². The van der Waals surface area contributed by atoms with Gasteiger partial charge in [-0.3, -0.25) is 0 Å². The van der Waals surface area contributed by atoms with E-state index in [-0.39, 0.29) is 5.54 Å². The molecule has 16 heavy (non-hydrogen) atoms. The monoisotopic (exact) mass is 229 g/mol. The Morgan fingerprint density at radius 3 is 2.12 bits per heavy atom. The van der Waals surface area contributed by atoms with Gasteiger partial charge >= 0.3 is 0 Å². The van der Waals surface area contributed by atoms with Crippen LogP contribution in [-0.4, -0.2) is 8.07 Å². The summed E-state index contributed by atoms with van der Waals surface area (Å²) in [5.74, 6) is 3.25. The summed E-state index contributed by atoms with van der Waals surface area (Å²) in [6, 6.07) is 8.44. The van der Waals surface area contributed by atoms with E-state index in [0.717, 1.165) is 18.4 Å². The van der Waals surface area contributed by atoms with Crippen LogP contribution in [0.4, 0.5) is 0 Å². The molecule has 0 saturated heterocycles. The van der Waals surface area contributed by atoms with Crippen LogP contribution in [0, 0.1) is 11.5 Å². The molecule has 2 N–H and O–H groups in total. The Morgan fingerprint density at radius 1 is 1.12 bits per heavy atom. The molecule has 0 unspecified atom stereocenters. The van der Waals surface area contributed by atoms with Gasteiger partial charge in [-0.15, -0.1) is 5.54 Å². The zero-order valence-electron chi connectivity index (χ0n) is 10.3. The summed E-state index contributed by atoms with van der Waals surface area (Å²) in [4.78, 5) is 0. The molecule has 1 saturated carbocycles. The number of nitrogens with two attached hydrogens (primary N) is 1. The van der Waals surface area contributed by atoms with E-state index < -0.39 is 8.07 Å². The minimum atomic E-state index is -1.26. The smallest absolute Gasteiger partial charge is 0.129 e. The SMILES string of the molecule is C[Si](C)(C)C#Cc1ccc(C2(N)CC2)cc1. The maximum absolute atomic E-state index is 6.13. The van der Waals surface area contributed by atoms with Gasteiger partial charge in [-0.1, -0.05) is 37.7 Å². The molecule has 0 heterocycles. The van der Waals surface area contributed by atoms with Gasteiger partial charge in [0.2, 0.25) is 0 Å². The fourth-order valence-electron chi connectivity index (χ4n) is 1.57. The Bertz CT molecular complexity index is 438. The molecule has 0 atom stereocenters. The van der Waals surface area contributed by atoms with Crippen molar-refractivity contribution in [2.24, 2.45) is 5.73 Å². The molecular formula is C14H19NSi. The fourth-order valence-corrected chi connectivity index (χ4v) is 2.09. The highest BCUT2D eigenvalue weighted by molar-refractivity contribution is 6.83. The summed E-state index contributed by atoms with van der Waals surface area (Å²) in [5.41, 5.74) is 11.8. The van der Waals surface area contributed by atoms with E-state index in [0.29, 0.717) is 0 Å². The van der Waals surface area contributed by atoms with E-state index in [9.17, 15) is 0 Å². The van der Waals surface area contributed by atoms with Crippen molar-refractivity contribution >= 4 is 8.07 Å². The molecule has 84 valence electrons. The van der Waals surface area contributed by atoms with Crippen LogP contribution < -0.4 is 5.73 Å². The van der Waals surface area contributed by atoms with Crippen molar-refractivity contribution in [3.8, 4) is 11.5 Å². The molecule has 0 aromatic heterocycles. The van der Waals surface area contributed by atoms with Crippen LogP contribution in [0.25, 0.3) is 0 Å². The van der Waals surface area contributed by atoms with E-state index in [1.807, 2.05) is 0 Å². The topological polar surface area (TPSA) is 26.0 Å². The van der Waals surface area contributed by atoms with Gasteiger partial charge in [-0.25, -0.2) is 0 Å². The predicted octanol–water partition coefficient (Wildman–Crippen LogP) is 2.86. The maximum atomic E-state index is 6.13. The first-order chi connectivity index (χ1) is 7.39. The van der Waals surface area contributed by atoms with E-state index in [4.69, 9.17) is 5.73 Å². The second-order valence-corrected chi connectivity index (χ2v) is 10.5. The van der Waals surface area contributed by atoms with Gasteiger partial charge in [-0.2, -0.15) is 0 Å². The van der Waals surface area contributed by atoms with Crippen LogP contribution in [-0.2, 0) is 5.54 Å². The molecule has 0 radical (unpaired) electrons. The van der Waals surface area contributed by atoms with Crippen molar-refractivity contribution < 1.29 is 0 Å². The van der Waals surface area contributed by atoms with E-state index in [2.05, 4.69) is 55.4 Å². The van der Waals surface area contributed by atoms with Gasteiger partial charge in [0.15, 0.2) is 0 Å². The number of rotatable bonds is 1. The highest BCUT2D eigenvalue weighted by atomic mass is 28.3. The van der Waals surface area contributed by atoms with Crippen molar-refractivity contribution in [3.63, 3.8) is 0 Å². The minimum Gasteiger partial charge on any atom is -0.321 e. The summed E-state index contributed by atoms with van der Waals surface area (Å²) in [6.45, 7) is 6.77. The Morgan fingerprint density at radius 2 is 1.69 bits per heavy atom. The van der Waals surface area contributed by atoms with Crippen molar-refractivity contribution in [1.29, 1.82) is 0 Å². The molecule has 2 heteroatoms. The molecule has 1 nitrogen and oxygen atoms in total. The van der Waals surface area contributed by atoms with Crippen LogP contribution in [0.5, 0.6) is 0 Å². The van der Waals surface area contributed by atoms with Crippen LogP contribution in [0.1, 0.15) is 24.0 Å².